The second kappa shape index (κ2) is 7.88. The zero-order valence-corrected chi connectivity index (χ0v) is 17.9. The van der Waals surface area contributed by atoms with Gasteiger partial charge in [-0.1, -0.05) is 48.5 Å². The number of benzene rings is 3. The van der Waals surface area contributed by atoms with Crippen LogP contribution in [0.2, 0.25) is 0 Å². The maximum Gasteiger partial charge on any atom is 0.282 e. The number of halogens is 1. The third kappa shape index (κ3) is 3.37. The summed E-state index contributed by atoms with van der Waals surface area (Å²) in [6.45, 7) is 4.88. The molecule has 2 aliphatic heterocycles. The van der Waals surface area contributed by atoms with E-state index < -0.39 is 11.7 Å². The Balaban J connectivity index is 1.67. The molecule has 3 aromatic carbocycles. The number of hydrogen-bond acceptors (Lipinski definition) is 4. The van der Waals surface area contributed by atoms with Gasteiger partial charge in [-0.25, -0.2) is 9.29 Å². The van der Waals surface area contributed by atoms with Crippen molar-refractivity contribution in [3.63, 3.8) is 0 Å². The van der Waals surface area contributed by atoms with Crippen LogP contribution in [0.5, 0.6) is 0 Å². The molecule has 5 nitrogen and oxygen atoms in total. The highest BCUT2D eigenvalue weighted by Gasteiger charge is 2.44. The minimum atomic E-state index is -0.403. The number of amides is 2. The van der Waals surface area contributed by atoms with Crippen molar-refractivity contribution in [1.82, 2.24) is 4.90 Å². The van der Waals surface area contributed by atoms with Crippen LogP contribution < -0.4 is 4.90 Å². The predicted octanol–water partition coefficient (Wildman–Crippen LogP) is 4.37. The Bertz CT molecular complexity index is 1240. The van der Waals surface area contributed by atoms with E-state index in [0.717, 1.165) is 10.8 Å². The molecule has 0 saturated carbocycles. The van der Waals surface area contributed by atoms with E-state index in [4.69, 9.17) is 4.74 Å². The summed E-state index contributed by atoms with van der Waals surface area (Å²) < 4.78 is 19.5. The van der Waals surface area contributed by atoms with Gasteiger partial charge in [0.1, 0.15) is 11.5 Å². The maximum absolute atomic E-state index is 13.8. The summed E-state index contributed by atoms with van der Waals surface area (Å²) in [6, 6.07) is 19.0. The van der Waals surface area contributed by atoms with E-state index >= 15 is 0 Å². The molecule has 2 atom stereocenters. The summed E-state index contributed by atoms with van der Waals surface area (Å²) in [7, 11) is 0. The molecular formula is C26H23FN2O3. The highest BCUT2D eigenvalue weighted by Crippen LogP contribution is 2.38. The summed E-state index contributed by atoms with van der Waals surface area (Å²) in [4.78, 5) is 30.8. The van der Waals surface area contributed by atoms with Gasteiger partial charge >= 0.3 is 0 Å². The number of nitrogens with zero attached hydrogens (tertiary/aromatic N) is 2. The highest BCUT2D eigenvalue weighted by molar-refractivity contribution is 6.46. The van der Waals surface area contributed by atoms with Gasteiger partial charge in [0.25, 0.3) is 11.8 Å². The fourth-order valence-corrected chi connectivity index (χ4v) is 4.67. The topological polar surface area (TPSA) is 49.9 Å². The number of anilines is 1. The molecule has 2 unspecified atom stereocenters. The minimum Gasteiger partial charge on any atom is -0.372 e. The molecule has 162 valence electrons. The van der Waals surface area contributed by atoms with Gasteiger partial charge in [-0.2, -0.15) is 0 Å². The molecule has 0 spiro atoms. The number of imide groups is 1. The van der Waals surface area contributed by atoms with Crippen molar-refractivity contribution in [2.45, 2.75) is 26.1 Å². The fraction of sp³-hybridized carbons (Fsp3) is 0.231. The molecular weight excluding hydrogens is 407 g/mol. The first-order valence-electron chi connectivity index (χ1n) is 10.7. The Labute approximate surface area is 185 Å². The third-order valence-corrected chi connectivity index (χ3v) is 5.94. The zero-order chi connectivity index (χ0) is 22.4. The van der Waals surface area contributed by atoms with E-state index in [1.54, 1.807) is 18.2 Å². The Kier molecular flexibility index (Phi) is 5.02. The maximum atomic E-state index is 13.8. The Morgan fingerprint density at radius 2 is 1.50 bits per heavy atom. The second-order valence-electron chi connectivity index (χ2n) is 8.34. The van der Waals surface area contributed by atoms with E-state index in [-0.39, 0.29) is 18.1 Å². The molecule has 0 aliphatic carbocycles. The van der Waals surface area contributed by atoms with Crippen molar-refractivity contribution < 1.29 is 18.7 Å². The van der Waals surface area contributed by atoms with Crippen molar-refractivity contribution in [1.29, 1.82) is 0 Å². The average molecular weight is 430 g/mol. The molecule has 3 aromatic rings. The number of fused-ring (bicyclic) bond motifs is 1. The Morgan fingerprint density at radius 3 is 2.22 bits per heavy atom. The van der Waals surface area contributed by atoms with Crippen LogP contribution in [0.4, 0.5) is 10.1 Å². The molecule has 2 amide bonds. The normalized spacial score (nSPS) is 21.7. The molecule has 1 fully saturated rings. The summed E-state index contributed by atoms with van der Waals surface area (Å²) in [5.41, 5.74) is 1.71. The molecule has 2 aliphatic rings. The van der Waals surface area contributed by atoms with Gasteiger partial charge in [-0.05, 0) is 43.0 Å². The lowest BCUT2D eigenvalue weighted by atomic mass is 10.0. The number of carbonyl (C=O) groups excluding carboxylic acids is 2. The van der Waals surface area contributed by atoms with E-state index in [0.29, 0.717) is 35.6 Å². The first-order chi connectivity index (χ1) is 15.4. The number of hydrogen-bond donors (Lipinski definition) is 0. The van der Waals surface area contributed by atoms with Crippen LogP contribution in [-0.2, 0) is 14.3 Å². The lowest BCUT2D eigenvalue weighted by Crippen LogP contribution is -2.47. The SMILES string of the molecule is CC1CN(C2=C(c3ccc(F)cc3)C(=O)N(c3cccc4ccccc34)C2=O)CC(C)O1. The van der Waals surface area contributed by atoms with Crippen LogP contribution in [0.1, 0.15) is 19.4 Å². The van der Waals surface area contributed by atoms with E-state index in [1.165, 1.54) is 17.0 Å². The van der Waals surface area contributed by atoms with Crippen molar-refractivity contribution in [3.8, 4) is 0 Å². The summed E-state index contributed by atoms with van der Waals surface area (Å²) in [5, 5.41) is 1.76. The molecule has 5 rings (SSSR count). The zero-order valence-electron chi connectivity index (χ0n) is 17.9. The Morgan fingerprint density at radius 1 is 0.844 bits per heavy atom. The van der Waals surface area contributed by atoms with Crippen molar-refractivity contribution in [2.75, 3.05) is 18.0 Å². The molecule has 0 N–H and O–H groups in total. The average Bonchev–Trinajstić information content (AvgIpc) is 3.03. The van der Waals surface area contributed by atoms with Gasteiger partial charge in [0, 0.05) is 18.5 Å². The van der Waals surface area contributed by atoms with Crippen LogP contribution in [0.15, 0.2) is 72.4 Å². The molecule has 1 saturated heterocycles. The summed E-state index contributed by atoms with van der Waals surface area (Å²) in [6.07, 6.45) is -0.176. The van der Waals surface area contributed by atoms with Crippen LogP contribution >= 0.6 is 0 Å². The molecule has 6 heteroatoms. The van der Waals surface area contributed by atoms with Crippen LogP contribution in [-0.4, -0.2) is 42.0 Å². The molecule has 0 radical (unpaired) electrons. The highest BCUT2D eigenvalue weighted by atomic mass is 19.1. The van der Waals surface area contributed by atoms with Gasteiger partial charge in [-0.3, -0.25) is 9.59 Å². The van der Waals surface area contributed by atoms with Crippen LogP contribution in [0.25, 0.3) is 16.3 Å². The first kappa shape index (κ1) is 20.4. The smallest absolute Gasteiger partial charge is 0.282 e. The summed E-state index contributed by atoms with van der Waals surface area (Å²) in [5.74, 6) is -1.17. The monoisotopic (exact) mass is 430 g/mol. The standard InChI is InChI=1S/C26H23FN2O3/c1-16-14-28(15-17(2)32-16)24-23(19-10-12-20(27)13-11-19)25(30)29(26(24)31)22-9-5-7-18-6-3-4-8-21(18)22/h3-13,16-17H,14-15H2,1-2H3. The van der Waals surface area contributed by atoms with Gasteiger partial charge in [-0.15, -0.1) is 0 Å². The van der Waals surface area contributed by atoms with Gasteiger partial charge < -0.3 is 9.64 Å². The quantitative estimate of drug-likeness (QED) is 0.579. The van der Waals surface area contributed by atoms with Crippen molar-refractivity contribution >= 4 is 33.8 Å². The number of morpholine rings is 1. The summed E-state index contributed by atoms with van der Waals surface area (Å²) >= 11 is 0. The number of carbonyl (C=O) groups is 2. The van der Waals surface area contributed by atoms with E-state index in [9.17, 15) is 14.0 Å². The van der Waals surface area contributed by atoms with Gasteiger partial charge in [0.2, 0.25) is 0 Å². The van der Waals surface area contributed by atoms with E-state index in [1.807, 2.05) is 55.1 Å². The van der Waals surface area contributed by atoms with E-state index in [2.05, 4.69) is 0 Å². The molecule has 2 heterocycles. The van der Waals surface area contributed by atoms with Crippen molar-refractivity contribution in [3.05, 3.63) is 83.8 Å². The molecule has 0 aromatic heterocycles. The number of ether oxygens (including phenoxy) is 1. The van der Waals surface area contributed by atoms with Gasteiger partial charge in [0.05, 0.1) is 23.5 Å². The Hall–Kier alpha value is -3.51. The lowest BCUT2D eigenvalue weighted by Gasteiger charge is -2.37. The fourth-order valence-electron chi connectivity index (χ4n) is 4.67. The number of rotatable bonds is 3. The lowest BCUT2D eigenvalue weighted by molar-refractivity contribution is -0.121. The predicted molar refractivity (Wildman–Crippen MR) is 121 cm³/mol. The molecule has 32 heavy (non-hydrogen) atoms. The first-order valence-corrected chi connectivity index (χ1v) is 10.7. The molecule has 0 bridgehead atoms. The largest absolute Gasteiger partial charge is 0.372 e. The third-order valence-electron chi connectivity index (χ3n) is 5.94. The second-order valence-corrected chi connectivity index (χ2v) is 8.34. The van der Waals surface area contributed by atoms with Crippen molar-refractivity contribution in [2.24, 2.45) is 0 Å². The van der Waals surface area contributed by atoms with Crippen LogP contribution in [0, 0.1) is 5.82 Å². The minimum absolute atomic E-state index is 0.0878. The van der Waals surface area contributed by atoms with Crippen LogP contribution in [0.3, 0.4) is 0 Å². The van der Waals surface area contributed by atoms with Gasteiger partial charge in [0.15, 0.2) is 0 Å².